The third-order valence-electron chi connectivity index (χ3n) is 1.52. The maximum Gasteiger partial charge on any atom is 0.0736 e. The molecule has 3 nitrogen and oxygen atoms in total. The zero-order valence-electron chi connectivity index (χ0n) is 6.96. The van der Waals surface area contributed by atoms with Gasteiger partial charge in [-0.1, -0.05) is 6.08 Å². The minimum atomic E-state index is 0.682. The number of hydrogen-bond donors (Lipinski definition) is 2. The van der Waals surface area contributed by atoms with E-state index in [4.69, 9.17) is 5.73 Å². The molecule has 0 aliphatic heterocycles. The molecule has 0 unspecified atom stereocenters. The van der Waals surface area contributed by atoms with Crippen LogP contribution >= 0.6 is 0 Å². The SMILES string of the molecule is C=CCCNc1ccncc1N. The van der Waals surface area contributed by atoms with E-state index in [0.717, 1.165) is 18.7 Å². The van der Waals surface area contributed by atoms with Crippen LogP contribution in [0.4, 0.5) is 11.4 Å². The standard InChI is InChI=1S/C9H13N3/c1-2-3-5-12-9-4-6-11-7-8(9)10/h2,4,6-7H,1,3,5,10H2,(H,11,12). The highest BCUT2D eigenvalue weighted by molar-refractivity contribution is 5.64. The van der Waals surface area contributed by atoms with E-state index in [2.05, 4.69) is 16.9 Å². The lowest BCUT2D eigenvalue weighted by atomic mass is 10.3. The summed E-state index contributed by atoms with van der Waals surface area (Å²) in [5.41, 5.74) is 7.27. The molecule has 64 valence electrons. The third kappa shape index (κ3) is 2.27. The number of rotatable bonds is 4. The van der Waals surface area contributed by atoms with Gasteiger partial charge in [0.15, 0.2) is 0 Å². The minimum Gasteiger partial charge on any atom is -0.396 e. The zero-order chi connectivity index (χ0) is 8.81. The van der Waals surface area contributed by atoms with Gasteiger partial charge < -0.3 is 11.1 Å². The van der Waals surface area contributed by atoms with Crippen LogP contribution in [0.25, 0.3) is 0 Å². The number of nitrogens with zero attached hydrogens (tertiary/aromatic N) is 1. The Kier molecular flexibility index (Phi) is 3.14. The molecule has 0 saturated carbocycles. The highest BCUT2D eigenvalue weighted by atomic mass is 14.9. The molecule has 0 spiro atoms. The molecule has 1 rings (SSSR count). The number of nitrogens with one attached hydrogen (secondary N) is 1. The molecule has 0 aliphatic carbocycles. The van der Waals surface area contributed by atoms with Crippen LogP contribution in [-0.4, -0.2) is 11.5 Å². The van der Waals surface area contributed by atoms with E-state index in [1.165, 1.54) is 0 Å². The fraction of sp³-hybridized carbons (Fsp3) is 0.222. The number of nitrogen functional groups attached to an aromatic ring is 1. The first-order valence-corrected chi connectivity index (χ1v) is 3.89. The van der Waals surface area contributed by atoms with Gasteiger partial charge in [0.25, 0.3) is 0 Å². The molecule has 0 bridgehead atoms. The van der Waals surface area contributed by atoms with Crippen molar-refractivity contribution in [3.8, 4) is 0 Å². The summed E-state index contributed by atoms with van der Waals surface area (Å²) >= 11 is 0. The van der Waals surface area contributed by atoms with Crippen molar-refractivity contribution >= 4 is 11.4 Å². The van der Waals surface area contributed by atoms with Crippen LogP contribution in [0.3, 0.4) is 0 Å². The summed E-state index contributed by atoms with van der Waals surface area (Å²) in [6.07, 6.45) is 6.15. The fourth-order valence-corrected chi connectivity index (χ4v) is 0.877. The number of aromatic nitrogens is 1. The van der Waals surface area contributed by atoms with Crippen molar-refractivity contribution in [3.05, 3.63) is 31.1 Å². The van der Waals surface area contributed by atoms with Gasteiger partial charge in [-0.05, 0) is 12.5 Å². The number of nitrogens with two attached hydrogens (primary N) is 1. The van der Waals surface area contributed by atoms with Crippen molar-refractivity contribution < 1.29 is 0 Å². The average molecular weight is 163 g/mol. The number of pyridine rings is 1. The largest absolute Gasteiger partial charge is 0.396 e. The van der Waals surface area contributed by atoms with Crippen LogP contribution in [0.2, 0.25) is 0 Å². The van der Waals surface area contributed by atoms with Crippen molar-refractivity contribution in [2.75, 3.05) is 17.6 Å². The predicted molar refractivity (Wildman–Crippen MR) is 52.0 cm³/mol. The summed E-state index contributed by atoms with van der Waals surface area (Å²) in [5, 5.41) is 3.18. The summed E-state index contributed by atoms with van der Waals surface area (Å²) < 4.78 is 0. The topological polar surface area (TPSA) is 50.9 Å². The molecular formula is C9H13N3. The molecular weight excluding hydrogens is 150 g/mol. The van der Waals surface area contributed by atoms with Crippen molar-refractivity contribution in [1.82, 2.24) is 4.98 Å². The van der Waals surface area contributed by atoms with Crippen LogP contribution in [0.1, 0.15) is 6.42 Å². The van der Waals surface area contributed by atoms with E-state index in [1.807, 2.05) is 12.1 Å². The van der Waals surface area contributed by atoms with Gasteiger partial charge in [0.05, 0.1) is 17.6 Å². The van der Waals surface area contributed by atoms with Gasteiger partial charge in [-0.15, -0.1) is 6.58 Å². The lowest BCUT2D eigenvalue weighted by Gasteiger charge is -2.06. The molecule has 0 atom stereocenters. The van der Waals surface area contributed by atoms with Crippen LogP contribution < -0.4 is 11.1 Å². The fourth-order valence-electron chi connectivity index (χ4n) is 0.877. The Morgan fingerprint density at radius 2 is 2.50 bits per heavy atom. The van der Waals surface area contributed by atoms with Gasteiger partial charge in [0.1, 0.15) is 0 Å². The Balaban J connectivity index is 2.51. The first-order valence-electron chi connectivity index (χ1n) is 3.89. The van der Waals surface area contributed by atoms with Gasteiger partial charge in [-0.3, -0.25) is 4.98 Å². The molecule has 3 N–H and O–H groups in total. The van der Waals surface area contributed by atoms with Crippen LogP contribution in [0.15, 0.2) is 31.1 Å². The van der Waals surface area contributed by atoms with Crippen molar-refractivity contribution in [2.24, 2.45) is 0 Å². The lowest BCUT2D eigenvalue weighted by Crippen LogP contribution is -2.03. The summed E-state index contributed by atoms with van der Waals surface area (Å²) in [7, 11) is 0. The molecule has 1 aromatic rings. The van der Waals surface area contributed by atoms with Crippen LogP contribution in [0.5, 0.6) is 0 Å². The molecule has 0 amide bonds. The zero-order valence-corrected chi connectivity index (χ0v) is 6.96. The maximum atomic E-state index is 5.65. The second-order valence-corrected chi connectivity index (χ2v) is 2.47. The van der Waals surface area contributed by atoms with Gasteiger partial charge >= 0.3 is 0 Å². The molecule has 0 saturated heterocycles. The van der Waals surface area contributed by atoms with Crippen molar-refractivity contribution in [2.45, 2.75) is 6.42 Å². The van der Waals surface area contributed by atoms with E-state index in [0.29, 0.717) is 5.69 Å². The monoisotopic (exact) mass is 163 g/mol. The molecule has 0 fully saturated rings. The maximum absolute atomic E-state index is 5.65. The smallest absolute Gasteiger partial charge is 0.0736 e. The van der Waals surface area contributed by atoms with Gasteiger partial charge in [0, 0.05) is 12.7 Å². The Morgan fingerprint density at radius 3 is 3.17 bits per heavy atom. The molecule has 3 heteroatoms. The highest BCUT2D eigenvalue weighted by Crippen LogP contribution is 2.14. The van der Waals surface area contributed by atoms with E-state index < -0.39 is 0 Å². The Bertz CT molecular complexity index is 258. The van der Waals surface area contributed by atoms with Gasteiger partial charge in [-0.2, -0.15) is 0 Å². The minimum absolute atomic E-state index is 0.682. The van der Waals surface area contributed by atoms with E-state index in [1.54, 1.807) is 12.4 Å². The van der Waals surface area contributed by atoms with E-state index in [-0.39, 0.29) is 0 Å². The Labute approximate surface area is 72.3 Å². The highest BCUT2D eigenvalue weighted by Gasteiger charge is 1.94. The van der Waals surface area contributed by atoms with Crippen molar-refractivity contribution in [3.63, 3.8) is 0 Å². The predicted octanol–water partition coefficient (Wildman–Crippen LogP) is 1.65. The summed E-state index contributed by atoms with van der Waals surface area (Å²) in [6.45, 7) is 4.49. The number of hydrogen-bond acceptors (Lipinski definition) is 3. The summed E-state index contributed by atoms with van der Waals surface area (Å²) in [6, 6.07) is 1.86. The van der Waals surface area contributed by atoms with Crippen LogP contribution in [-0.2, 0) is 0 Å². The average Bonchev–Trinajstić information content (AvgIpc) is 2.09. The third-order valence-corrected chi connectivity index (χ3v) is 1.52. The van der Waals surface area contributed by atoms with Crippen molar-refractivity contribution in [1.29, 1.82) is 0 Å². The first kappa shape index (κ1) is 8.59. The molecule has 1 heterocycles. The van der Waals surface area contributed by atoms with Crippen LogP contribution in [0, 0.1) is 0 Å². The molecule has 12 heavy (non-hydrogen) atoms. The normalized spacial score (nSPS) is 9.33. The lowest BCUT2D eigenvalue weighted by molar-refractivity contribution is 1.07. The second kappa shape index (κ2) is 4.38. The number of anilines is 2. The van der Waals surface area contributed by atoms with E-state index >= 15 is 0 Å². The molecule has 0 aromatic carbocycles. The molecule has 1 aromatic heterocycles. The Morgan fingerprint density at radius 1 is 1.67 bits per heavy atom. The molecule has 0 radical (unpaired) electrons. The van der Waals surface area contributed by atoms with Gasteiger partial charge in [0.2, 0.25) is 0 Å². The second-order valence-electron chi connectivity index (χ2n) is 2.47. The molecule has 0 aliphatic rings. The quantitative estimate of drug-likeness (QED) is 0.524. The first-order chi connectivity index (χ1) is 5.84. The van der Waals surface area contributed by atoms with Gasteiger partial charge in [-0.25, -0.2) is 0 Å². The Hall–Kier alpha value is -1.51. The van der Waals surface area contributed by atoms with E-state index in [9.17, 15) is 0 Å². The summed E-state index contributed by atoms with van der Waals surface area (Å²) in [4.78, 5) is 3.89. The summed E-state index contributed by atoms with van der Waals surface area (Å²) in [5.74, 6) is 0.